The number of hydrogen-bond acceptors (Lipinski definition) is 4. The minimum Gasteiger partial charge on any atom is -0.375 e. The van der Waals surface area contributed by atoms with Crippen LogP contribution in [-0.4, -0.2) is 62.3 Å². The van der Waals surface area contributed by atoms with Crippen molar-refractivity contribution in [1.29, 1.82) is 0 Å². The normalized spacial score (nSPS) is 11.7. The highest BCUT2D eigenvalue weighted by atomic mass is 16.5. The number of benzene rings is 2. The Morgan fingerprint density at radius 3 is 0.962 bits per heavy atom. The standard InChI is InChI=1S/C48H84N2O2/c1-5-9-13-17-21-29-37-49(35-27-19-15-11-7-3)39-41-51-43-45-31-23-25-33-47(45)48-34-26-24-32-46(48)44-52-42-40-50(36-28-20-16-12-8-4)38-30-22-18-14-10-6-2/h23-26,31-34H,5-22,27-30,35-44H2,1-4H3. The Balaban J connectivity index is 1.89. The molecule has 0 unspecified atom stereocenters. The van der Waals surface area contributed by atoms with Crippen LogP contribution in [0.3, 0.4) is 0 Å². The molecule has 0 aliphatic rings. The van der Waals surface area contributed by atoms with Crippen LogP contribution in [0.15, 0.2) is 48.5 Å². The summed E-state index contributed by atoms with van der Waals surface area (Å²) in [6, 6.07) is 17.7. The minimum absolute atomic E-state index is 0.651. The first kappa shape index (κ1) is 46.4. The van der Waals surface area contributed by atoms with Gasteiger partial charge >= 0.3 is 0 Å². The highest BCUT2D eigenvalue weighted by molar-refractivity contribution is 5.70. The summed E-state index contributed by atoms with van der Waals surface area (Å²) < 4.78 is 12.8. The van der Waals surface area contributed by atoms with E-state index < -0.39 is 0 Å². The van der Waals surface area contributed by atoms with Gasteiger partial charge in [0.05, 0.1) is 26.4 Å². The molecule has 4 nitrogen and oxygen atoms in total. The molecule has 0 N–H and O–H groups in total. The first-order valence-corrected chi connectivity index (χ1v) is 22.5. The Bertz CT molecular complexity index is 975. The number of rotatable bonds is 37. The van der Waals surface area contributed by atoms with Crippen molar-refractivity contribution in [2.24, 2.45) is 0 Å². The van der Waals surface area contributed by atoms with E-state index in [1.807, 2.05) is 0 Å². The van der Waals surface area contributed by atoms with E-state index >= 15 is 0 Å². The molecule has 0 aliphatic carbocycles. The second-order valence-electron chi connectivity index (χ2n) is 15.5. The van der Waals surface area contributed by atoms with Gasteiger partial charge in [-0.1, -0.05) is 192 Å². The predicted octanol–water partition coefficient (Wildman–Crippen LogP) is 13.7. The van der Waals surface area contributed by atoms with E-state index in [9.17, 15) is 0 Å². The van der Waals surface area contributed by atoms with Gasteiger partial charge in [0, 0.05) is 13.1 Å². The average Bonchev–Trinajstić information content (AvgIpc) is 3.17. The van der Waals surface area contributed by atoms with Crippen molar-refractivity contribution in [2.75, 3.05) is 52.5 Å². The van der Waals surface area contributed by atoms with Gasteiger partial charge in [-0.25, -0.2) is 0 Å². The maximum atomic E-state index is 6.42. The van der Waals surface area contributed by atoms with Crippen molar-refractivity contribution in [3.8, 4) is 11.1 Å². The lowest BCUT2D eigenvalue weighted by Gasteiger charge is -2.23. The first-order chi connectivity index (χ1) is 25.7. The van der Waals surface area contributed by atoms with Crippen LogP contribution in [0.1, 0.15) is 180 Å². The van der Waals surface area contributed by atoms with E-state index in [2.05, 4.69) is 86.0 Å². The zero-order valence-electron chi connectivity index (χ0n) is 35.0. The van der Waals surface area contributed by atoms with Gasteiger partial charge < -0.3 is 19.3 Å². The molecule has 4 heteroatoms. The molecular weight excluding hydrogens is 637 g/mol. The van der Waals surface area contributed by atoms with E-state index in [4.69, 9.17) is 9.47 Å². The SMILES string of the molecule is CCCCCCCCN(CCCCCCC)CCOCc1ccccc1-c1ccccc1COCCN(CCCCCCC)CCCCCCCC. The smallest absolute Gasteiger partial charge is 0.0723 e. The fraction of sp³-hybridized carbons (Fsp3) is 0.750. The van der Waals surface area contributed by atoms with Crippen LogP contribution >= 0.6 is 0 Å². The third-order valence-electron chi connectivity index (χ3n) is 10.8. The molecule has 2 rings (SSSR count). The van der Waals surface area contributed by atoms with Crippen LogP contribution in [-0.2, 0) is 22.7 Å². The Labute approximate surface area is 323 Å². The summed E-state index contributed by atoms with van der Waals surface area (Å²) in [4.78, 5) is 5.34. The maximum absolute atomic E-state index is 6.42. The lowest BCUT2D eigenvalue weighted by Crippen LogP contribution is -2.30. The molecule has 52 heavy (non-hydrogen) atoms. The molecule has 0 saturated heterocycles. The molecule has 2 aromatic rings. The van der Waals surface area contributed by atoms with E-state index in [0.29, 0.717) is 13.2 Å². The van der Waals surface area contributed by atoms with Crippen LogP contribution in [0.25, 0.3) is 11.1 Å². The van der Waals surface area contributed by atoms with Gasteiger partial charge in [-0.15, -0.1) is 0 Å². The van der Waals surface area contributed by atoms with E-state index in [-0.39, 0.29) is 0 Å². The predicted molar refractivity (Wildman–Crippen MR) is 228 cm³/mol. The first-order valence-electron chi connectivity index (χ1n) is 22.5. The average molecular weight is 721 g/mol. The molecule has 298 valence electrons. The van der Waals surface area contributed by atoms with E-state index in [0.717, 1.165) is 26.3 Å². The molecule has 0 radical (unpaired) electrons. The Morgan fingerprint density at radius 1 is 0.346 bits per heavy atom. The van der Waals surface area contributed by atoms with Crippen LogP contribution in [0, 0.1) is 0 Å². The largest absolute Gasteiger partial charge is 0.375 e. The summed E-state index contributed by atoms with van der Waals surface area (Å²) in [5, 5.41) is 0. The monoisotopic (exact) mass is 721 g/mol. The molecule has 2 aromatic carbocycles. The summed E-state index contributed by atoms with van der Waals surface area (Å²) >= 11 is 0. The van der Waals surface area contributed by atoms with Crippen LogP contribution < -0.4 is 0 Å². The maximum Gasteiger partial charge on any atom is 0.0723 e. The number of unbranched alkanes of at least 4 members (excludes halogenated alkanes) is 18. The van der Waals surface area contributed by atoms with E-state index in [1.54, 1.807) is 0 Å². The highest BCUT2D eigenvalue weighted by Gasteiger charge is 2.12. The van der Waals surface area contributed by atoms with Crippen LogP contribution in [0.4, 0.5) is 0 Å². The zero-order valence-corrected chi connectivity index (χ0v) is 35.0. The fourth-order valence-corrected chi connectivity index (χ4v) is 7.35. The molecule has 0 amide bonds. The molecule has 0 spiro atoms. The molecule has 0 saturated carbocycles. The number of nitrogens with zero attached hydrogens (tertiary/aromatic N) is 2. The lowest BCUT2D eigenvalue weighted by molar-refractivity contribution is 0.0906. The summed E-state index contributed by atoms with van der Waals surface area (Å²) in [6.45, 7) is 19.0. The molecule has 0 bridgehead atoms. The molecule has 0 heterocycles. The molecule has 0 atom stereocenters. The molecule has 0 fully saturated rings. The lowest BCUT2D eigenvalue weighted by atomic mass is 9.96. The quantitative estimate of drug-likeness (QED) is 0.0649. The molecule has 0 aromatic heterocycles. The van der Waals surface area contributed by atoms with Gasteiger partial charge in [0.1, 0.15) is 0 Å². The second-order valence-corrected chi connectivity index (χ2v) is 15.5. The van der Waals surface area contributed by atoms with Crippen LogP contribution in [0.2, 0.25) is 0 Å². The Morgan fingerprint density at radius 2 is 0.635 bits per heavy atom. The highest BCUT2D eigenvalue weighted by Crippen LogP contribution is 2.28. The Hall–Kier alpha value is -1.72. The third kappa shape index (κ3) is 23.1. The van der Waals surface area contributed by atoms with Gasteiger partial charge in [-0.3, -0.25) is 0 Å². The summed E-state index contributed by atoms with van der Waals surface area (Å²) in [7, 11) is 0. The topological polar surface area (TPSA) is 24.9 Å². The molecule has 0 aliphatic heterocycles. The van der Waals surface area contributed by atoms with Crippen molar-refractivity contribution in [1.82, 2.24) is 9.80 Å². The number of hydrogen-bond donors (Lipinski definition) is 0. The number of ether oxygens (including phenoxy) is 2. The summed E-state index contributed by atoms with van der Waals surface area (Å²) in [5.41, 5.74) is 5.09. The van der Waals surface area contributed by atoms with Crippen LogP contribution in [0.5, 0.6) is 0 Å². The fourth-order valence-electron chi connectivity index (χ4n) is 7.35. The van der Waals surface area contributed by atoms with Crippen molar-refractivity contribution in [3.63, 3.8) is 0 Å². The third-order valence-corrected chi connectivity index (χ3v) is 10.8. The van der Waals surface area contributed by atoms with Gasteiger partial charge in [0.25, 0.3) is 0 Å². The Kier molecular flexibility index (Phi) is 30.2. The van der Waals surface area contributed by atoms with Gasteiger partial charge in [-0.2, -0.15) is 0 Å². The molecular formula is C48H84N2O2. The van der Waals surface area contributed by atoms with Gasteiger partial charge in [0.2, 0.25) is 0 Å². The van der Waals surface area contributed by atoms with Crippen molar-refractivity contribution in [3.05, 3.63) is 59.7 Å². The minimum atomic E-state index is 0.651. The summed E-state index contributed by atoms with van der Waals surface area (Å²) in [5.74, 6) is 0. The van der Waals surface area contributed by atoms with Crippen molar-refractivity contribution < 1.29 is 9.47 Å². The summed E-state index contributed by atoms with van der Waals surface area (Å²) in [6.07, 6.45) is 29.7. The van der Waals surface area contributed by atoms with Crippen molar-refractivity contribution >= 4 is 0 Å². The van der Waals surface area contributed by atoms with Gasteiger partial charge in [-0.05, 0) is 74.1 Å². The zero-order chi connectivity index (χ0) is 37.2. The van der Waals surface area contributed by atoms with Crippen molar-refractivity contribution in [2.45, 2.75) is 182 Å². The van der Waals surface area contributed by atoms with E-state index in [1.165, 1.54) is 190 Å². The second kappa shape index (κ2) is 33.8. The van der Waals surface area contributed by atoms with Gasteiger partial charge in [0.15, 0.2) is 0 Å².